The van der Waals surface area contributed by atoms with Gasteiger partial charge in [0.15, 0.2) is 6.10 Å². The number of nitrogens with one attached hydrogen (secondary N) is 2. The van der Waals surface area contributed by atoms with E-state index in [4.69, 9.17) is 4.74 Å². The summed E-state index contributed by atoms with van der Waals surface area (Å²) in [6.45, 7) is 1.93. The van der Waals surface area contributed by atoms with Crippen LogP contribution >= 0.6 is 0 Å². The van der Waals surface area contributed by atoms with Gasteiger partial charge in [0, 0.05) is 11.3 Å². The lowest BCUT2D eigenvalue weighted by Crippen LogP contribution is -2.32. The molecule has 2 N–H and O–H groups in total. The van der Waals surface area contributed by atoms with E-state index >= 15 is 0 Å². The number of imidazole rings is 1. The van der Waals surface area contributed by atoms with Crippen LogP contribution in [0.4, 0.5) is 5.69 Å². The second-order valence-electron chi connectivity index (χ2n) is 6.50. The van der Waals surface area contributed by atoms with Crippen LogP contribution in [-0.2, 0) is 4.79 Å². The van der Waals surface area contributed by atoms with E-state index in [9.17, 15) is 4.79 Å². The van der Waals surface area contributed by atoms with Crippen molar-refractivity contribution in [1.82, 2.24) is 9.97 Å². The standard InChI is InChI=1S/C23H21N3O2/c1-2-21(28-18-8-4-3-5-9-18)23(27)24-17-14-12-16(13-15-17)22-25-19-10-6-7-11-20(19)26-22/h3-15,21H,2H2,1H3,(H,24,27)(H,25,26). The Bertz CT molecular complexity index is 1040. The summed E-state index contributed by atoms with van der Waals surface area (Å²) >= 11 is 0. The van der Waals surface area contributed by atoms with E-state index < -0.39 is 6.10 Å². The molecule has 0 saturated carbocycles. The molecule has 0 aliphatic carbocycles. The highest BCUT2D eigenvalue weighted by Gasteiger charge is 2.18. The zero-order chi connectivity index (χ0) is 19.3. The molecule has 1 aromatic heterocycles. The Morgan fingerprint density at radius 1 is 1.00 bits per heavy atom. The van der Waals surface area contributed by atoms with Crippen molar-refractivity contribution in [3.63, 3.8) is 0 Å². The number of hydrogen-bond acceptors (Lipinski definition) is 3. The molecule has 0 fully saturated rings. The Kier molecular flexibility index (Phi) is 5.06. The van der Waals surface area contributed by atoms with Gasteiger partial charge in [-0.05, 0) is 55.0 Å². The number of anilines is 1. The number of benzene rings is 3. The summed E-state index contributed by atoms with van der Waals surface area (Å²) in [6.07, 6.45) is 0.0371. The Morgan fingerprint density at radius 3 is 2.43 bits per heavy atom. The molecule has 5 heteroatoms. The van der Waals surface area contributed by atoms with Gasteiger partial charge in [-0.3, -0.25) is 4.79 Å². The largest absolute Gasteiger partial charge is 0.481 e. The molecule has 1 heterocycles. The molecule has 1 amide bonds. The molecular formula is C23H21N3O2. The van der Waals surface area contributed by atoms with Crippen LogP contribution in [0.3, 0.4) is 0 Å². The third kappa shape index (κ3) is 3.88. The summed E-state index contributed by atoms with van der Waals surface area (Å²) in [4.78, 5) is 20.5. The van der Waals surface area contributed by atoms with Gasteiger partial charge in [0.05, 0.1) is 11.0 Å². The summed E-state index contributed by atoms with van der Waals surface area (Å²) < 4.78 is 5.80. The van der Waals surface area contributed by atoms with Crippen molar-refractivity contribution in [2.75, 3.05) is 5.32 Å². The highest BCUT2D eigenvalue weighted by molar-refractivity contribution is 5.94. The summed E-state index contributed by atoms with van der Waals surface area (Å²) in [6, 6.07) is 24.9. The van der Waals surface area contributed by atoms with Crippen LogP contribution in [0.1, 0.15) is 13.3 Å². The highest BCUT2D eigenvalue weighted by atomic mass is 16.5. The molecule has 0 spiro atoms. The minimum Gasteiger partial charge on any atom is -0.481 e. The molecule has 4 rings (SSSR count). The monoisotopic (exact) mass is 371 g/mol. The van der Waals surface area contributed by atoms with Crippen LogP contribution in [0.25, 0.3) is 22.4 Å². The number of carbonyl (C=O) groups excluding carboxylic acids is 1. The maximum Gasteiger partial charge on any atom is 0.265 e. The fourth-order valence-corrected chi connectivity index (χ4v) is 3.01. The number of amides is 1. The summed E-state index contributed by atoms with van der Waals surface area (Å²) in [7, 11) is 0. The molecule has 0 saturated heterocycles. The van der Waals surface area contributed by atoms with Gasteiger partial charge in [-0.15, -0.1) is 0 Å². The van der Waals surface area contributed by atoms with Crippen molar-refractivity contribution < 1.29 is 9.53 Å². The molecule has 5 nitrogen and oxygen atoms in total. The SMILES string of the molecule is CCC(Oc1ccccc1)C(=O)Nc1ccc(-c2nc3ccccc3[nH]2)cc1. The first-order valence-corrected chi connectivity index (χ1v) is 9.30. The highest BCUT2D eigenvalue weighted by Crippen LogP contribution is 2.22. The number of nitrogens with zero attached hydrogens (tertiary/aromatic N) is 1. The fourth-order valence-electron chi connectivity index (χ4n) is 3.01. The molecule has 140 valence electrons. The Balaban J connectivity index is 1.45. The number of aromatic amines is 1. The van der Waals surface area contributed by atoms with Crippen LogP contribution < -0.4 is 10.1 Å². The number of hydrogen-bond donors (Lipinski definition) is 2. The number of carbonyl (C=O) groups is 1. The lowest BCUT2D eigenvalue weighted by atomic mass is 10.2. The predicted molar refractivity (Wildman–Crippen MR) is 111 cm³/mol. The van der Waals surface area contributed by atoms with Gasteiger partial charge in [-0.25, -0.2) is 4.98 Å². The first kappa shape index (κ1) is 17.8. The second-order valence-corrected chi connectivity index (χ2v) is 6.50. The zero-order valence-electron chi connectivity index (χ0n) is 15.6. The van der Waals surface area contributed by atoms with Gasteiger partial charge >= 0.3 is 0 Å². The van der Waals surface area contributed by atoms with Crippen molar-refractivity contribution in [3.8, 4) is 17.1 Å². The molecule has 3 aromatic carbocycles. The van der Waals surface area contributed by atoms with Gasteiger partial charge in [0.2, 0.25) is 0 Å². The topological polar surface area (TPSA) is 67.0 Å². The van der Waals surface area contributed by atoms with Crippen LogP contribution in [0.15, 0.2) is 78.9 Å². The molecular weight excluding hydrogens is 350 g/mol. The number of H-pyrrole nitrogens is 1. The fraction of sp³-hybridized carbons (Fsp3) is 0.130. The number of fused-ring (bicyclic) bond motifs is 1. The maximum atomic E-state index is 12.6. The molecule has 1 unspecified atom stereocenters. The molecule has 4 aromatic rings. The predicted octanol–water partition coefficient (Wildman–Crippen LogP) is 5.03. The lowest BCUT2D eigenvalue weighted by molar-refractivity contribution is -0.122. The number of ether oxygens (including phenoxy) is 1. The normalized spacial score (nSPS) is 11.9. The van der Waals surface area contributed by atoms with Crippen molar-refractivity contribution in [2.45, 2.75) is 19.4 Å². The Labute approximate surface area is 163 Å². The van der Waals surface area contributed by atoms with Crippen molar-refractivity contribution >= 4 is 22.6 Å². The first-order chi connectivity index (χ1) is 13.7. The molecule has 0 aliphatic heterocycles. The van der Waals surface area contributed by atoms with Crippen LogP contribution in [0.5, 0.6) is 5.75 Å². The Morgan fingerprint density at radius 2 is 1.71 bits per heavy atom. The van der Waals surface area contributed by atoms with Crippen LogP contribution in [0.2, 0.25) is 0 Å². The zero-order valence-corrected chi connectivity index (χ0v) is 15.6. The van der Waals surface area contributed by atoms with E-state index in [1.54, 1.807) is 0 Å². The van der Waals surface area contributed by atoms with Crippen molar-refractivity contribution in [3.05, 3.63) is 78.9 Å². The third-order valence-electron chi connectivity index (χ3n) is 4.50. The van der Waals surface area contributed by atoms with Gasteiger partial charge in [-0.2, -0.15) is 0 Å². The molecule has 1 atom stereocenters. The lowest BCUT2D eigenvalue weighted by Gasteiger charge is -2.17. The van der Waals surface area contributed by atoms with E-state index in [0.717, 1.165) is 28.1 Å². The molecule has 0 radical (unpaired) electrons. The van der Waals surface area contributed by atoms with Gasteiger partial charge in [0.1, 0.15) is 11.6 Å². The van der Waals surface area contributed by atoms with Gasteiger partial charge in [-0.1, -0.05) is 37.3 Å². The van der Waals surface area contributed by atoms with Crippen molar-refractivity contribution in [2.24, 2.45) is 0 Å². The minimum atomic E-state index is -0.544. The molecule has 0 aliphatic rings. The van der Waals surface area contributed by atoms with Gasteiger partial charge < -0.3 is 15.0 Å². The van der Waals surface area contributed by atoms with E-state index in [2.05, 4.69) is 15.3 Å². The minimum absolute atomic E-state index is 0.164. The Hall–Kier alpha value is -3.60. The third-order valence-corrected chi connectivity index (χ3v) is 4.50. The summed E-state index contributed by atoms with van der Waals surface area (Å²) in [5.74, 6) is 1.32. The quantitative estimate of drug-likeness (QED) is 0.500. The van der Waals surface area contributed by atoms with Gasteiger partial charge in [0.25, 0.3) is 5.91 Å². The molecule has 28 heavy (non-hydrogen) atoms. The van der Waals surface area contributed by atoms with Crippen LogP contribution in [-0.4, -0.2) is 22.0 Å². The van der Waals surface area contributed by atoms with Crippen LogP contribution in [0, 0.1) is 0 Å². The summed E-state index contributed by atoms with van der Waals surface area (Å²) in [5.41, 5.74) is 3.61. The van der Waals surface area contributed by atoms with E-state index in [0.29, 0.717) is 12.2 Å². The summed E-state index contributed by atoms with van der Waals surface area (Å²) in [5, 5.41) is 2.92. The smallest absolute Gasteiger partial charge is 0.265 e. The number of rotatable bonds is 6. The van der Waals surface area contributed by atoms with E-state index in [1.165, 1.54) is 0 Å². The molecule has 0 bridgehead atoms. The number of para-hydroxylation sites is 3. The second kappa shape index (κ2) is 7.96. The van der Waals surface area contributed by atoms with E-state index in [-0.39, 0.29) is 5.91 Å². The average Bonchev–Trinajstić information content (AvgIpc) is 3.17. The maximum absolute atomic E-state index is 12.6. The number of aromatic nitrogens is 2. The average molecular weight is 371 g/mol. The first-order valence-electron chi connectivity index (χ1n) is 9.30. The van der Waals surface area contributed by atoms with Crippen molar-refractivity contribution in [1.29, 1.82) is 0 Å². The van der Waals surface area contributed by atoms with E-state index in [1.807, 2.05) is 85.8 Å².